The number of aryl methyl sites for hydroxylation is 1. The molecule has 0 fully saturated rings. The molecule has 0 unspecified atom stereocenters. The Morgan fingerprint density at radius 1 is 1.12 bits per heavy atom. The fraction of sp³-hybridized carbons (Fsp3) is 0.211. The summed E-state index contributed by atoms with van der Waals surface area (Å²) in [5.41, 5.74) is 1.36. The zero-order valence-corrected chi connectivity index (χ0v) is 13.8. The van der Waals surface area contributed by atoms with E-state index < -0.39 is 0 Å². The third-order valence-corrected chi connectivity index (χ3v) is 3.85. The van der Waals surface area contributed by atoms with E-state index in [0.717, 1.165) is 11.3 Å². The third-order valence-electron chi connectivity index (χ3n) is 3.85. The van der Waals surface area contributed by atoms with Crippen molar-refractivity contribution in [2.75, 3.05) is 7.11 Å². The molecule has 0 saturated heterocycles. The predicted octanol–water partition coefficient (Wildman–Crippen LogP) is 2.54. The highest BCUT2D eigenvalue weighted by Crippen LogP contribution is 2.12. The Morgan fingerprint density at radius 3 is 2.64 bits per heavy atom. The molecule has 0 radical (unpaired) electrons. The topological polar surface area (TPSA) is 70.4 Å². The Labute approximate surface area is 144 Å². The standard InChI is InChI=1S/C19H18N2O4/c1-24-15-8-6-14(7-9-15)12-25-18(22)10-11-21-13-20-17-5-3-2-4-16(17)19(21)23/h2-9,13H,10-12H2,1H3. The molecular formula is C19H18N2O4. The molecule has 1 aromatic heterocycles. The molecule has 6 nitrogen and oxygen atoms in total. The number of carbonyl (C=O) groups is 1. The summed E-state index contributed by atoms with van der Waals surface area (Å²) in [5, 5.41) is 0.539. The van der Waals surface area contributed by atoms with Gasteiger partial charge in [-0.25, -0.2) is 4.98 Å². The number of esters is 1. The van der Waals surface area contributed by atoms with E-state index in [9.17, 15) is 9.59 Å². The number of rotatable bonds is 6. The fourth-order valence-electron chi connectivity index (χ4n) is 2.43. The zero-order valence-electron chi connectivity index (χ0n) is 13.8. The van der Waals surface area contributed by atoms with Gasteiger partial charge in [-0.1, -0.05) is 24.3 Å². The molecule has 1 heterocycles. The number of hydrogen-bond acceptors (Lipinski definition) is 5. The van der Waals surface area contributed by atoms with Crippen molar-refractivity contribution in [2.45, 2.75) is 19.6 Å². The Kier molecular flexibility index (Phi) is 5.09. The molecule has 0 aliphatic rings. The van der Waals surface area contributed by atoms with Gasteiger partial charge in [0.25, 0.3) is 5.56 Å². The van der Waals surface area contributed by atoms with Gasteiger partial charge < -0.3 is 9.47 Å². The minimum atomic E-state index is -0.365. The molecule has 0 atom stereocenters. The summed E-state index contributed by atoms with van der Waals surface area (Å²) in [5.74, 6) is 0.383. The van der Waals surface area contributed by atoms with Gasteiger partial charge >= 0.3 is 5.97 Å². The highest BCUT2D eigenvalue weighted by Gasteiger charge is 2.07. The van der Waals surface area contributed by atoms with Crippen molar-refractivity contribution in [3.8, 4) is 5.75 Å². The van der Waals surface area contributed by atoms with Crippen LogP contribution in [0, 0.1) is 0 Å². The lowest BCUT2D eigenvalue weighted by molar-refractivity contribution is -0.145. The highest BCUT2D eigenvalue weighted by molar-refractivity contribution is 5.77. The summed E-state index contributed by atoms with van der Waals surface area (Å²) < 4.78 is 11.7. The van der Waals surface area contributed by atoms with Crippen molar-refractivity contribution < 1.29 is 14.3 Å². The lowest BCUT2D eigenvalue weighted by Gasteiger charge is -2.08. The van der Waals surface area contributed by atoms with Crippen LogP contribution in [0.2, 0.25) is 0 Å². The predicted molar refractivity (Wildman–Crippen MR) is 93.4 cm³/mol. The Morgan fingerprint density at radius 2 is 1.88 bits per heavy atom. The summed E-state index contributed by atoms with van der Waals surface area (Å²) in [7, 11) is 1.60. The lowest BCUT2D eigenvalue weighted by Crippen LogP contribution is -2.22. The van der Waals surface area contributed by atoms with Gasteiger partial charge in [-0.05, 0) is 29.8 Å². The minimum absolute atomic E-state index is 0.107. The Bertz CT molecular complexity index is 932. The average molecular weight is 338 g/mol. The quantitative estimate of drug-likeness (QED) is 0.646. The number of nitrogens with zero attached hydrogens (tertiary/aromatic N) is 2. The van der Waals surface area contributed by atoms with E-state index in [-0.39, 0.29) is 31.1 Å². The van der Waals surface area contributed by atoms with Crippen LogP contribution in [-0.4, -0.2) is 22.6 Å². The lowest BCUT2D eigenvalue weighted by atomic mass is 10.2. The van der Waals surface area contributed by atoms with Gasteiger partial charge in [0, 0.05) is 6.54 Å². The van der Waals surface area contributed by atoms with Gasteiger partial charge in [0.05, 0.1) is 30.8 Å². The van der Waals surface area contributed by atoms with Crippen LogP contribution < -0.4 is 10.3 Å². The highest BCUT2D eigenvalue weighted by atomic mass is 16.5. The molecule has 0 aliphatic carbocycles. The zero-order chi connectivity index (χ0) is 17.6. The third kappa shape index (κ3) is 4.03. The largest absolute Gasteiger partial charge is 0.497 e. The SMILES string of the molecule is COc1ccc(COC(=O)CCn2cnc3ccccc3c2=O)cc1. The Balaban J connectivity index is 1.57. The summed E-state index contributed by atoms with van der Waals surface area (Å²) in [6, 6.07) is 14.4. The second-order valence-electron chi connectivity index (χ2n) is 5.52. The molecule has 0 aliphatic heterocycles. The summed E-state index contributed by atoms with van der Waals surface area (Å²) in [6.07, 6.45) is 1.57. The number of methoxy groups -OCH3 is 1. The van der Waals surface area contributed by atoms with E-state index in [1.54, 1.807) is 25.3 Å². The van der Waals surface area contributed by atoms with E-state index >= 15 is 0 Å². The molecule has 25 heavy (non-hydrogen) atoms. The van der Waals surface area contributed by atoms with Crippen LogP contribution in [0.5, 0.6) is 5.75 Å². The number of carbonyl (C=O) groups excluding carboxylic acids is 1. The monoisotopic (exact) mass is 338 g/mol. The van der Waals surface area contributed by atoms with E-state index in [2.05, 4.69) is 4.98 Å². The van der Waals surface area contributed by atoms with Gasteiger partial charge in [-0.3, -0.25) is 14.2 Å². The summed E-state index contributed by atoms with van der Waals surface area (Å²) >= 11 is 0. The number of para-hydroxylation sites is 1. The fourth-order valence-corrected chi connectivity index (χ4v) is 2.43. The minimum Gasteiger partial charge on any atom is -0.497 e. The van der Waals surface area contributed by atoms with Gasteiger partial charge in [0.2, 0.25) is 0 Å². The number of benzene rings is 2. The summed E-state index contributed by atoms with van der Waals surface area (Å²) in [4.78, 5) is 28.5. The van der Waals surface area contributed by atoms with Crippen molar-refractivity contribution in [2.24, 2.45) is 0 Å². The smallest absolute Gasteiger partial charge is 0.307 e. The Hall–Kier alpha value is -3.15. The first-order chi connectivity index (χ1) is 12.2. The normalized spacial score (nSPS) is 10.6. The van der Waals surface area contributed by atoms with Crippen LogP contribution in [0.3, 0.4) is 0 Å². The first-order valence-electron chi connectivity index (χ1n) is 7.90. The number of ether oxygens (including phenoxy) is 2. The number of fused-ring (bicyclic) bond motifs is 1. The van der Waals surface area contributed by atoms with Gasteiger partial charge in [0.1, 0.15) is 12.4 Å². The van der Waals surface area contributed by atoms with E-state index in [0.29, 0.717) is 10.9 Å². The molecule has 0 amide bonds. The van der Waals surface area contributed by atoms with Crippen LogP contribution in [0.4, 0.5) is 0 Å². The molecule has 128 valence electrons. The van der Waals surface area contributed by atoms with Gasteiger partial charge in [0.15, 0.2) is 0 Å². The second-order valence-corrected chi connectivity index (χ2v) is 5.52. The van der Waals surface area contributed by atoms with Crippen molar-refractivity contribution in [3.05, 3.63) is 70.8 Å². The van der Waals surface area contributed by atoms with E-state index in [1.165, 1.54) is 10.9 Å². The van der Waals surface area contributed by atoms with Crippen LogP contribution in [0.25, 0.3) is 10.9 Å². The molecule has 0 saturated carbocycles. The van der Waals surface area contributed by atoms with Crippen LogP contribution in [0.15, 0.2) is 59.7 Å². The maximum absolute atomic E-state index is 12.3. The molecular weight excluding hydrogens is 320 g/mol. The van der Waals surface area contributed by atoms with Crippen LogP contribution in [0.1, 0.15) is 12.0 Å². The van der Waals surface area contributed by atoms with Crippen LogP contribution >= 0.6 is 0 Å². The van der Waals surface area contributed by atoms with E-state index in [4.69, 9.17) is 9.47 Å². The molecule has 0 bridgehead atoms. The molecule has 3 aromatic rings. The number of aromatic nitrogens is 2. The van der Waals surface area contributed by atoms with Gasteiger partial charge in [-0.15, -0.1) is 0 Å². The second kappa shape index (κ2) is 7.61. The first-order valence-corrected chi connectivity index (χ1v) is 7.90. The first kappa shape index (κ1) is 16.7. The van der Waals surface area contributed by atoms with Crippen molar-refractivity contribution in [1.82, 2.24) is 9.55 Å². The molecule has 6 heteroatoms. The molecule has 0 N–H and O–H groups in total. The van der Waals surface area contributed by atoms with Crippen molar-refractivity contribution >= 4 is 16.9 Å². The average Bonchev–Trinajstić information content (AvgIpc) is 2.66. The van der Waals surface area contributed by atoms with Gasteiger partial charge in [-0.2, -0.15) is 0 Å². The summed E-state index contributed by atoms with van der Waals surface area (Å²) in [6.45, 7) is 0.422. The molecule has 2 aromatic carbocycles. The maximum atomic E-state index is 12.3. The maximum Gasteiger partial charge on any atom is 0.307 e. The van der Waals surface area contributed by atoms with Crippen molar-refractivity contribution in [1.29, 1.82) is 0 Å². The molecule has 0 spiro atoms. The number of hydrogen-bond donors (Lipinski definition) is 0. The van der Waals surface area contributed by atoms with E-state index in [1.807, 2.05) is 30.3 Å². The van der Waals surface area contributed by atoms with Crippen molar-refractivity contribution in [3.63, 3.8) is 0 Å². The van der Waals surface area contributed by atoms with Crippen LogP contribution in [-0.2, 0) is 22.7 Å². The molecule has 3 rings (SSSR count).